The molecule has 0 radical (unpaired) electrons. The standard InChI is InChI=1S/C14H28N2O2/c1-4-6-12(5-2)16-13(17)14(11-18-3)7-9-15-10-8-14/h12,15H,4-11H2,1-3H3,(H,16,17). The molecule has 0 aliphatic carbocycles. The van der Waals surface area contributed by atoms with Gasteiger partial charge in [0.1, 0.15) is 0 Å². The van der Waals surface area contributed by atoms with Gasteiger partial charge in [-0.25, -0.2) is 0 Å². The molecule has 2 N–H and O–H groups in total. The number of carbonyl (C=O) groups excluding carboxylic acids is 1. The van der Waals surface area contributed by atoms with E-state index in [0.29, 0.717) is 12.6 Å². The highest BCUT2D eigenvalue weighted by Gasteiger charge is 2.40. The van der Waals surface area contributed by atoms with Crippen LogP contribution in [-0.4, -0.2) is 38.8 Å². The van der Waals surface area contributed by atoms with Crippen molar-refractivity contribution in [1.29, 1.82) is 0 Å². The molecule has 1 heterocycles. The summed E-state index contributed by atoms with van der Waals surface area (Å²) < 4.78 is 5.29. The fourth-order valence-corrected chi connectivity index (χ4v) is 2.68. The summed E-state index contributed by atoms with van der Waals surface area (Å²) in [6, 6.07) is 0.311. The third kappa shape index (κ3) is 3.95. The van der Waals surface area contributed by atoms with Gasteiger partial charge in [-0.1, -0.05) is 20.3 Å². The van der Waals surface area contributed by atoms with Gasteiger partial charge < -0.3 is 15.4 Å². The zero-order chi connectivity index (χ0) is 13.4. The first-order valence-electron chi connectivity index (χ1n) is 7.19. The largest absolute Gasteiger partial charge is 0.384 e. The van der Waals surface area contributed by atoms with Crippen LogP contribution in [0.4, 0.5) is 0 Å². The minimum Gasteiger partial charge on any atom is -0.384 e. The van der Waals surface area contributed by atoms with Gasteiger partial charge in [0.15, 0.2) is 0 Å². The number of ether oxygens (including phenoxy) is 1. The number of piperidine rings is 1. The Morgan fingerprint density at radius 2 is 2.06 bits per heavy atom. The van der Waals surface area contributed by atoms with Crippen LogP contribution >= 0.6 is 0 Å². The van der Waals surface area contributed by atoms with Crippen molar-refractivity contribution in [2.24, 2.45) is 5.41 Å². The summed E-state index contributed by atoms with van der Waals surface area (Å²) >= 11 is 0. The van der Waals surface area contributed by atoms with E-state index in [2.05, 4.69) is 24.5 Å². The third-order valence-electron chi connectivity index (χ3n) is 3.93. The lowest BCUT2D eigenvalue weighted by Gasteiger charge is -2.36. The number of hydrogen-bond acceptors (Lipinski definition) is 3. The van der Waals surface area contributed by atoms with Gasteiger partial charge in [0.2, 0.25) is 5.91 Å². The Kier molecular flexibility index (Phi) is 6.65. The highest BCUT2D eigenvalue weighted by atomic mass is 16.5. The van der Waals surface area contributed by atoms with Crippen LogP contribution in [0.1, 0.15) is 46.0 Å². The Balaban J connectivity index is 2.63. The van der Waals surface area contributed by atoms with E-state index in [1.54, 1.807) is 7.11 Å². The van der Waals surface area contributed by atoms with Crippen molar-refractivity contribution in [2.75, 3.05) is 26.8 Å². The monoisotopic (exact) mass is 256 g/mol. The summed E-state index contributed by atoms with van der Waals surface area (Å²) in [6.07, 6.45) is 4.91. The number of rotatable bonds is 7. The van der Waals surface area contributed by atoms with Gasteiger partial charge in [0.25, 0.3) is 0 Å². The van der Waals surface area contributed by atoms with Gasteiger partial charge in [-0.3, -0.25) is 4.79 Å². The predicted octanol–water partition coefficient (Wildman–Crippen LogP) is 1.70. The van der Waals surface area contributed by atoms with Crippen molar-refractivity contribution in [3.05, 3.63) is 0 Å². The van der Waals surface area contributed by atoms with Gasteiger partial charge >= 0.3 is 0 Å². The molecular formula is C14H28N2O2. The molecule has 0 saturated carbocycles. The maximum atomic E-state index is 12.5. The normalized spacial score (nSPS) is 20.4. The first-order valence-corrected chi connectivity index (χ1v) is 7.19. The summed E-state index contributed by atoms with van der Waals surface area (Å²) in [7, 11) is 1.68. The second-order valence-electron chi connectivity index (χ2n) is 5.33. The Morgan fingerprint density at radius 1 is 1.39 bits per heavy atom. The lowest BCUT2D eigenvalue weighted by atomic mass is 9.78. The Bertz CT molecular complexity index is 245. The van der Waals surface area contributed by atoms with Crippen LogP contribution in [0.25, 0.3) is 0 Å². The van der Waals surface area contributed by atoms with Crippen LogP contribution in [0.2, 0.25) is 0 Å². The molecule has 0 spiro atoms. The summed E-state index contributed by atoms with van der Waals surface area (Å²) in [6.45, 7) is 6.63. The molecule has 106 valence electrons. The highest BCUT2D eigenvalue weighted by molar-refractivity contribution is 5.83. The fraction of sp³-hybridized carbons (Fsp3) is 0.929. The first kappa shape index (κ1) is 15.4. The summed E-state index contributed by atoms with van der Waals surface area (Å²) in [5.41, 5.74) is -0.318. The molecule has 0 bridgehead atoms. The van der Waals surface area contributed by atoms with Crippen LogP contribution < -0.4 is 10.6 Å². The molecule has 1 fully saturated rings. The second kappa shape index (κ2) is 7.74. The van der Waals surface area contributed by atoms with Crippen LogP contribution in [0.5, 0.6) is 0 Å². The van der Waals surface area contributed by atoms with E-state index in [-0.39, 0.29) is 11.3 Å². The predicted molar refractivity (Wildman–Crippen MR) is 73.5 cm³/mol. The molecule has 1 atom stereocenters. The minimum absolute atomic E-state index is 0.186. The highest BCUT2D eigenvalue weighted by Crippen LogP contribution is 2.29. The zero-order valence-electron chi connectivity index (χ0n) is 12.1. The molecule has 1 aliphatic heterocycles. The number of methoxy groups -OCH3 is 1. The first-order chi connectivity index (χ1) is 8.68. The molecule has 1 unspecified atom stereocenters. The van der Waals surface area contributed by atoms with Crippen molar-refractivity contribution in [1.82, 2.24) is 10.6 Å². The molecular weight excluding hydrogens is 228 g/mol. The van der Waals surface area contributed by atoms with Gasteiger partial charge in [0, 0.05) is 13.2 Å². The molecule has 4 nitrogen and oxygen atoms in total. The van der Waals surface area contributed by atoms with Crippen LogP contribution in [0.15, 0.2) is 0 Å². The number of nitrogens with one attached hydrogen (secondary N) is 2. The van der Waals surface area contributed by atoms with Crippen molar-refractivity contribution < 1.29 is 9.53 Å². The molecule has 18 heavy (non-hydrogen) atoms. The third-order valence-corrected chi connectivity index (χ3v) is 3.93. The van der Waals surface area contributed by atoms with Gasteiger partial charge in [-0.05, 0) is 38.8 Å². The van der Waals surface area contributed by atoms with Crippen LogP contribution in [0.3, 0.4) is 0 Å². The van der Waals surface area contributed by atoms with E-state index in [1.165, 1.54) is 0 Å². The number of hydrogen-bond donors (Lipinski definition) is 2. The maximum absolute atomic E-state index is 12.5. The van der Waals surface area contributed by atoms with Crippen molar-refractivity contribution in [3.63, 3.8) is 0 Å². The topological polar surface area (TPSA) is 50.4 Å². The average Bonchev–Trinajstić information content (AvgIpc) is 2.39. The minimum atomic E-state index is -0.318. The Labute approximate surface area is 111 Å². The van der Waals surface area contributed by atoms with Gasteiger partial charge in [-0.2, -0.15) is 0 Å². The molecule has 1 amide bonds. The molecule has 0 aromatic rings. The molecule has 0 aromatic carbocycles. The van der Waals surface area contributed by atoms with Crippen LogP contribution in [-0.2, 0) is 9.53 Å². The number of amides is 1. The van der Waals surface area contributed by atoms with E-state index in [4.69, 9.17) is 4.74 Å². The zero-order valence-corrected chi connectivity index (χ0v) is 12.1. The van der Waals surface area contributed by atoms with E-state index >= 15 is 0 Å². The quantitative estimate of drug-likeness (QED) is 0.729. The lowest BCUT2D eigenvalue weighted by Crippen LogP contribution is -2.52. The number of carbonyl (C=O) groups is 1. The van der Waals surface area contributed by atoms with Crippen LogP contribution in [0, 0.1) is 5.41 Å². The van der Waals surface area contributed by atoms with E-state index < -0.39 is 0 Å². The Hall–Kier alpha value is -0.610. The molecule has 4 heteroatoms. The SMILES string of the molecule is CCCC(CC)NC(=O)C1(COC)CCNCC1. The molecule has 1 rings (SSSR count). The second-order valence-corrected chi connectivity index (χ2v) is 5.33. The van der Waals surface area contributed by atoms with Crippen molar-refractivity contribution >= 4 is 5.91 Å². The summed E-state index contributed by atoms with van der Waals surface area (Å²) in [4.78, 5) is 12.5. The van der Waals surface area contributed by atoms with Gasteiger partial charge in [0.05, 0.1) is 12.0 Å². The molecule has 1 aliphatic rings. The van der Waals surface area contributed by atoms with E-state index in [9.17, 15) is 4.79 Å². The van der Waals surface area contributed by atoms with E-state index in [1.807, 2.05) is 0 Å². The smallest absolute Gasteiger partial charge is 0.228 e. The fourth-order valence-electron chi connectivity index (χ4n) is 2.68. The molecule has 1 saturated heterocycles. The van der Waals surface area contributed by atoms with Gasteiger partial charge in [-0.15, -0.1) is 0 Å². The molecule has 0 aromatic heterocycles. The lowest BCUT2D eigenvalue weighted by molar-refractivity contribution is -0.137. The average molecular weight is 256 g/mol. The summed E-state index contributed by atoms with van der Waals surface area (Å²) in [5, 5.41) is 6.53. The van der Waals surface area contributed by atoms with Crippen molar-refractivity contribution in [2.45, 2.75) is 52.0 Å². The summed E-state index contributed by atoms with van der Waals surface area (Å²) in [5.74, 6) is 0.186. The van der Waals surface area contributed by atoms with Crippen molar-refractivity contribution in [3.8, 4) is 0 Å². The Morgan fingerprint density at radius 3 is 2.56 bits per heavy atom. The van der Waals surface area contributed by atoms with E-state index in [0.717, 1.165) is 45.2 Å². The maximum Gasteiger partial charge on any atom is 0.228 e.